The maximum atomic E-state index is 11.9. The van der Waals surface area contributed by atoms with Gasteiger partial charge in [-0.25, -0.2) is 9.69 Å². The predicted molar refractivity (Wildman–Crippen MR) is 58.0 cm³/mol. The molecule has 1 aromatic rings. The van der Waals surface area contributed by atoms with Gasteiger partial charge in [0.15, 0.2) is 0 Å². The molecule has 1 saturated heterocycles. The van der Waals surface area contributed by atoms with Crippen molar-refractivity contribution in [3.63, 3.8) is 0 Å². The van der Waals surface area contributed by atoms with Crippen molar-refractivity contribution in [2.24, 2.45) is 0 Å². The molecule has 1 fully saturated rings. The fraction of sp³-hybridized carbons (Fsp3) is 0.333. The summed E-state index contributed by atoms with van der Waals surface area (Å²) in [6, 6.07) is 8.75. The van der Waals surface area contributed by atoms with Crippen LogP contribution < -0.4 is 0 Å². The van der Waals surface area contributed by atoms with Gasteiger partial charge < -0.3 is 4.74 Å². The van der Waals surface area contributed by atoms with Crippen molar-refractivity contribution in [1.29, 1.82) is 0 Å². The van der Waals surface area contributed by atoms with E-state index < -0.39 is 6.09 Å². The number of cyclic esters (lactones) is 1. The molecule has 4 heteroatoms. The molecular weight excluding hydrogens is 206 g/mol. The molecule has 1 aliphatic heterocycles. The highest BCUT2D eigenvalue weighted by atomic mass is 16.6. The lowest BCUT2D eigenvalue weighted by Crippen LogP contribution is -2.32. The van der Waals surface area contributed by atoms with E-state index in [9.17, 15) is 9.59 Å². The number of ether oxygens (including phenoxy) is 1. The second-order valence-electron chi connectivity index (χ2n) is 3.70. The number of amides is 2. The Morgan fingerprint density at radius 2 is 2.12 bits per heavy atom. The second kappa shape index (κ2) is 4.35. The van der Waals surface area contributed by atoms with E-state index in [1.165, 1.54) is 0 Å². The van der Waals surface area contributed by atoms with Gasteiger partial charge in [0, 0.05) is 5.56 Å². The van der Waals surface area contributed by atoms with Crippen LogP contribution in [-0.2, 0) is 4.74 Å². The molecule has 1 aromatic carbocycles. The second-order valence-corrected chi connectivity index (χ2v) is 3.70. The molecule has 2 amide bonds. The number of carbonyl (C=O) groups is 2. The number of carbonyl (C=O) groups excluding carboxylic acids is 2. The lowest BCUT2D eigenvalue weighted by molar-refractivity contribution is 0.0808. The third-order valence-electron chi connectivity index (χ3n) is 2.60. The Morgan fingerprint density at radius 1 is 1.44 bits per heavy atom. The van der Waals surface area contributed by atoms with E-state index in [1.54, 1.807) is 24.3 Å². The molecular formula is C12H13NO3. The van der Waals surface area contributed by atoms with Crippen molar-refractivity contribution in [3.05, 3.63) is 35.9 Å². The van der Waals surface area contributed by atoms with Crippen LogP contribution in [-0.4, -0.2) is 29.5 Å². The first-order valence-electron chi connectivity index (χ1n) is 5.30. The van der Waals surface area contributed by atoms with E-state index in [-0.39, 0.29) is 12.0 Å². The van der Waals surface area contributed by atoms with Gasteiger partial charge in [0.1, 0.15) is 6.10 Å². The van der Waals surface area contributed by atoms with Crippen LogP contribution in [0.3, 0.4) is 0 Å². The highest BCUT2D eigenvalue weighted by Gasteiger charge is 2.34. The number of hydrogen-bond donors (Lipinski definition) is 0. The summed E-state index contributed by atoms with van der Waals surface area (Å²) >= 11 is 0. The summed E-state index contributed by atoms with van der Waals surface area (Å²) in [6.07, 6.45) is 0.0190. The van der Waals surface area contributed by atoms with E-state index in [0.29, 0.717) is 12.1 Å². The lowest BCUT2D eigenvalue weighted by Gasteiger charge is -2.10. The SMILES string of the molecule is CCC1CN(C(=O)c2ccccc2)C(=O)O1. The minimum absolute atomic E-state index is 0.167. The largest absolute Gasteiger partial charge is 0.444 e. The zero-order chi connectivity index (χ0) is 11.5. The fourth-order valence-electron chi connectivity index (χ4n) is 1.64. The van der Waals surface area contributed by atoms with E-state index >= 15 is 0 Å². The summed E-state index contributed by atoms with van der Waals surface area (Å²) in [5, 5.41) is 0. The summed E-state index contributed by atoms with van der Waals surface area (Å²) in [5.41, 5.74) is 0.510. The average molecular weight is 219 g/mol. The molecule has 1 unspecified atom stereocenters. The Morgan fingerprint density at radius 3 is 2.69 bits per heavy atom. The summed E-state index contributed by atoms with van der Waals surface area (Å²) in [7, 11) is 0. The molecule has 0 N–H and O–H groups in total. The summed E-state index contributed by atoms with van der Waals surface area (Å²) in [6.45, 7) is 2.28. The molecule has 2 rings (SSSR count). The first-order chi connectivity index (χ1) is 7.72. The van der Waals surface area contributed by atoms with E-state index in [4.69, 9.17) is 4.74 Å². The Kier molecular flexibility index (Phi) is 2.90. The van der Waals surface area contributed by atoms with Crippen LogP contribution in [0.15, 0.2) is 30.3 Å². The molecule has 0 saturated carbocycles. The molecule has 0 bridgehead atoms. The Balaban J connectivity index is 2.15. The number of hydrogen-bond acceptors (Lipinski definition) is 3. The molecule has 1 atom stereocenters. The summed E-state index contributed by atoms with van der Waals surface area (Å²) < 4.78 is 5.03. The van der Waals surface area contributed by atoms with Gasteiger partial charge in [0.2, 0.25) is 0 Å². The lowest BCUT2D eigenvalue weighted by atomic mass is 10.2. The molecule has 0 aromatic heterocycles. The van der Waals surface area contributed by atoms with Crippen molar-refractivity contribution in [2.45, 2.75) is 19.4 Å². The molecule has 1 heterocycles. The van der Waals surface area contributed by atoms with Gasteiger partial charge in [-0.3, -0.25) is 4.79 Å². The zero-order valence-electron chi connectivity index (χ0n) is 9.05. The van der Waals surface area contributed by atoms with Crippen molar-refractivity contribution < 1.29 is 14.3 Å². The fourth-order valence-corrected chi connectivity index (χ4v) is 1.64. The third-order valence-corrected chi connectivity index (χ3v) is 2.60. The van der Waals surface area contributed by atoms with Gasteiger partial charge in [0.05, 0.1) is 6.54 Å². The van der Waals surface area contributed by atoms with Crippen LogP contribution in [0.25, 0.3) is 0 Å². The van der Waals surface area contributed by atoms with Gasteiger partial charge in [-0.05, 0) is 18.6 Å². The minimum atomic E-state index is -0.541. The van der Waals surface area contributed by atoms with Crippen molar-refractivity contribution in [3.8, 4) is 0 Å². The van der Waals surface area contributed by atoms with Gasteiger partial charge >= 0.3 is 6.09 Å². The predicted octanol–water partition coefficient (Wildman–Crippen LogP) is 2.06. The highest BCUT2D eigenvalue weighted by Crippen LogP contribution is 2.16. The number of rotatable bonds is 2. The molecule has 4 nitrogen and oxygen atoms in total. The van der Waals surface area contributed by atoms with Crippen LogP contribution >= 0.6 is 0 Å². The molecule has 0 aliphatic carbocycles. The van der Waals surface area contributed by atoms with Crippen LogP contribution in [0, 0.1) is 0 Å². The molecule has 16 heavy (non-hydrogen) atoms. The Bertz CT molecular complexity index is 402. The smallest absolute Gasteiger partial charge is 0.417 e. The van der Waals surface area contributed by atoms with Gasteiger partial charge in [-0.15, -0.1) is 0 Å². The van der Waals surface area contributed by atoms with Crippen LogP contribution in [0.2, 0.25) is 0 Å². The van der Waals surface area contributed by atoms with Gasteiger partial charge in [0.25, 0.3) is 5.91 Å². The van der Waals surface area contributed by atoms with Crippen LogP contribution in [0.4, 0.5) is 4.79 Å². The normalized spacial score (nSPS) is 19.7. The zero-order valence-corrected chi connectivity index (χ0v) is 9.05. The topological polar surface area (TPSA) is 46.6 Å². The van der Waals surface area contributed by atoms with Crippen molar-refractivity contribution in [2.75, 3.05) is 6.54 Å². The van der Waals surface area contributed by atoms with Crippen molar-refractivity contribution in [1.82, 2.24) is 4.90 Å². The number of benzene rings is 1. The third kappa shape index (κ3) is 1.91. The first-order valence-corrected chi connectivity index (χ1v) is 5.30. The molecule has 1 aliphatic rings. The summed E-state index contributed by atoms with van der Waals surface area (Å²) in [5.74, 6) is -0.290. The van der Waals surface area contributed by atoms with E-state index in [2.05, 4.69) is 0 Å². The maximum absolute atomic E-state index is 11.9. The molecule has 0 radical (unpaired) electrons. The van der Waals surface area contributed by atoms with Crippen LogP contribution in [0.5, 0.6) is 0 Å². The average Bonchev–Trinajstić information content (AvgIpc) is 2.71. The highest BCUT2D eigenvalue weighted by molar-refractivity contribution is 6.03. The Hall–Kier alpha value is -1.84. The molecule has 84 valence electrons. The van der Waals surface area contributed by atoms with Gasteiger partial charge in [-0.1, -0.05) is 25.1 Å². The quantitative estimate of drug-likeness (QED) is 0.764. The summed E-state index contributed by atoms with van der Waals surface area (Å²) in [4.78, 5) is 24.5. The monoisotopic (exact) mass is 219 g/mol. The van der Waals surface area contributed by atoms with Crippen molar-refractivity contribution >= 4 is 12.0 Å². The van der Waals surface area contributed by atoms with E-state index in [0.717, 1.165) is 11.3 Å². The number of imide groups is 1. The molecule has 0 spiro atoms. The standard InChI is InChI=1S/C12H13NO3/c1-2-10-8-13(12(15)16-10)11(14)9-6-4-3-5-7-9/h3-7,10H,2,8H2,1H3. The minimum Gasteiger partial charge on any atom is -0.444 e. The first kappa shape index (κ1) is 10.7. The Labute approximate surface area is 93.8 Å². The maximum Gasteiger partial charge on any atom is 0.417 e. The van der Waals surface area contributed by atoms with E-state index in [1.807, 2.05) is 13.0 Å². The van der Waals surface area contributed by atoms with Crippen LogP contribution in [0.1, 0.15) is 23.7 Å². The number of nitrogens with zero attached hydrogens (tertiary/aromatic N) is 1. The van der Waals surface area contributed by atoms with Gasteiger partial charge in [-0.2, -0.15) is 0 Å².